The molecular weight excluding hydrogens is 492 g/mol. The van der Waals surface area contributed by atoms with Gasteiger partial charge in [-0.2, -0.15) is 5.26 Å². The number of nitrogens with one attached hydrogen (secondary N) is 1. The molecule has 12 heteroatoms. The number of carbonyl (C=O) groups is 2. The van der Waals surface area contributed by atoms with Crippen molar-refractivity contribution in [2.75, 3.05) is 18.2 Å². The van der Waals surface area contributed by atoms with E-state index in [4.69, 9.17) is 9.47 Å². The molecule has 2 aromatic carbocycles. The van der Waals surface area contributed by atoms with Crippen LogP contribution in [0.1, 0.15) is 28.4 Å². The zero-order chi connectivity index (χ0) is 25.6. The number of nitriles is 1. The van der Waals surface area contributed by atoms with Crippen LogP contribution in [-0.4, -0.2) is 43.4 Å². The largest absolute Gasteiger partial charge is 0.493 e. The summed E-state index contributed by atoms with van der Waals surface area (Å²) in [7, 11) is -2.17. The molecule has 0 aliphatic rings. The van der Waals surface area contributed by atoms with Gasteiger partial charge in [-0.05, 0) is 42.8 Å². The van der Waals surface area contributed by atoms with E-state index in [0.717, 1.165) is 5.56 Å². The summed E-state index contributed by atoms with van der Waals surface area (Å²) in [5, 5.41) is 19.0. The molecule has 1 amide bonds. The molecule has 1 heterocycles. The summed E-state index contributed by atoms with van der Waals surface area (Å²) in [4.78, 5) is 24.9. The topological polar surface area (TPSA) is 148 Å². The van der Waals surface area contributed by atoms with Crippen molar-refractivity contribution in [2.24, 2.45) is 0 Å². The maximum atomic E-state index is 12.5. The first kappa shape index (κ1) is 25.5. The minimum absolute atomic E-state index is 0.0564. The molecule has 35 heavy (non-hydrogen) atoms. The number of esters is 1. The Hall–Kier alpha value is -4.08. The number of carbonyl (C=O) groups excluding carboxylic acids is 2. The Labute approximate surface area is 205 Å². The fourth-order valence-electron chi connectivity index (χ4n) is 2.70. The number of hydrogen-bond donors (Lipinski definition) is 1. The maximum Gasteiger partial charge on any atom is 0.343 e. The molecule has 3 rings (SSSR count). The second kappa shape index (κ2) is 10.9. The van der Waals surface area contributed by atoms with Gasteiger partial charge < -0.3 is 9.47 Å². The monoisotopic (exact) mass is 512 g/mol. The highest BCUT2D eigenvalue weighted by Gasteiger charge is 2.20. The second-order valence-electron chi connectivity index (χ2n) is 7.07. The number of sulfone groups is 1. The number of hydrogen-bond acceptors (Lipinski definition) is 10. The Bertz CT molecular complexity index is 1440. The van der Waals surface area contributed by atoms with Gasteiger partial charge in [0.15, 0.2) is 11.5 Å². The van der Waals surface area contributed by atoms with E-state index in [1.54, 1.807) is 36.4 Å². The summed E-state index contributed by atoms with van der Waals surface area (Å²) in [6.45, 7) is 3.37. The Balaban J connectivity index is 1.78. The van der Waals surface area contributed by atoms with Crippen LogP contribution in [0.5, 0.6) is 11.5 Å². The van der Waals surface area contributed by atoms with Gasteiger partial charge >= 0.3 is 5.97 Å². The zero-order valence-corrected chi connectivity index (χ0v) is 20.6. The summed E-state index contributed by atoms with van der Waals surface area (Å²) in [5.74, 6) is -1.13. The SMILES string of the molecule is CCS(=O)(=O)c1nnc(NC(=O)/C(C#N)=C\c2ccc(OC(=O)c3ccc(C)cc3)c(OC)c2)s1. The number of rotatable bonds is 8. The molecule has 0 unspecified atom stereocenters. The fraction of sp³-hybridized carbons (Fsp3) is 0.174. The average Bonchev–Trinajstić information content (AvgIpc) is 3.32. The number of nitrogens with zero attached hydrogens (tertiary/aromatic N) is 3. The van der Waals surface area contributed by atoms with Crippen molar-refractivity contribution in [1.29, 1.82) is 5.26 Å². The minimum Gasteiger partial charge on any atom is -0.493 e. The quantitative estimate of drug-likeness (QED) is 0.157. The molecule has 0 spiro atoms. The van der Waals surface area contributed by atoms with Crippen molar-refractivity contribution in [1.82, 2.24) is 10.2 Å². The number of aromatic nitrogens is 2. The normalized spacial score (nSPS) is 11.4. The van der Waals surface area contributed by atoms with Gasteiger partial charge in [-0.1, -0.05) is 42.0 Å². The number of amides is 1. The van der Waals surface area contributed by atoms with Crippen LogP contribution in [-0.2, 0) is 14.6 Å². The van der Waals surface area contributed by atoms with E-state index < -0.39 is 21.7 Å². The third-order valence-electron chi connectivity index (χ3n) is 4.63. The van der Waals surface area contributed by atoms with Crippen LogP contribution in [0.2, 0.25) is 0 Å². The highest BCUT2D eigenvalue weighted by molar-refractivity contribution is 7.93. The van der Waals surface area contributed by atoms with E-state index in [1.807, 2.05) is 6.92 Å². The number of anilines is 1. The van der Waals surface area contributed by atoms with Gasteiger partial charge in [0.05, 0.1) is 18.4 Å². The van der Waals surface area contributed by atoms with Gasteiger partial charge in [0.25, 0.3) is 5.91 Å². The Kier molecular flexibility index (Phi) is 7.95. The summed E-state index contributed by atoms with van der Waals surface area (Å²) in [6, 6.07) is 13.2. The van der Waals surface area contributed by atoms with Crippen molar-refractivity contribution in [3.63, 3.8) is 0 Å². The number of aryl methyl sites for hydroxylation is 1. The molecule has 0 radical (unpaired) electrons. The summed E-state index contributed by atoms with van der Waals surface area (Å²) in [5.41, 5.74) is 1.53. The van der Waals surface area contributed by atoms with E-state index in [1.165, 1.54) is 32.2 Å². The lowest BCUT2D eigenvalue weighted by Gasteiger charge is -2.10. The average molecular weight is 513 g/mol. The minimum atomic E-state index is -3.56. The lowest BCUT2D eigenvalue weighted by molar-refractivity contribution is -0.112. The number of benzene rings is 2. The number of ether oxygens (including phenoxy) is 2. The van der Waals surface area contributed by atoms with Gasteiger partial charge in [0.2, 0.25) is 19.3 Å². The van der Waals surface area contributed by atoms with E-state index >= 15 is 0 Å². The third-order valence-corrected chi connectivity index (χ3v) is 7.65. The molecule has 0 bridgehead atoms. The maximum absolute atomic E-state index is 12.5. The van der Waals surface area contributed by atoms with Gasteiger partial charge in [-0.25, -0.2) is 13.2 Å². The van der Waals surface area contributed by atoms with Crippen LogP contribution in [0.25, 0.3) is 6.08 Å². The first-order valence-electron chi connectivity index (χ1n) is 10.1. The smallest absolute Gasteiger partial charge is 0.343 e. The summed E-state index contributed by atoms with van der Waals surface area (Å²) < 4.78 is 34.2. The molecule has 0 saturated carbocycles. The molecule has 3 aromatic rings. The van der Waals surface area contributed by atoms with Gasteiger partial charge in [-0.15, -0.1) is 10.2 Å². The van der Waals surface area contributed by atoms with Crippen LogP contribution in [0.15, 0.2) is 52.4 Å². The van der Waals surface area contributed by atoms with Crippen LogP contribution < -0.4 is 14.8 Å². The van der Waals surface area contributed by atoms with Gasteiger partial charge in [0.1, 0.15) is 11.6 Å². The molecule has 0 atom stereocenters. The van der Waals surface area contributed by atoms with Crippen molar-refractivity contribution in [3.8, 4) is 17.6 Å². The van der Waals surface area contributed by atoms with Gasteiger partial charge in [-0.3, -0.25) is 10.1 Å². The number of methoxy groups -OCH3 is 1. The molecule has 0 fully saturated rings. The van der Waals surface area contributed by atoms with Crippen LogP contribution in [0.3, 0.4) is 0 Å². The van der Waals surface area contributed by atoms with E-state index in [0.29, 0.717) is 22.5 Å². The highest BCUT2D eigenvalue weighted by Crippen LogP contribution is 2.30. The first-order valence-corrected chi connectivity index (χ1v) is 12.6. The van der Waals surface area contributed by atoms with Crippen LogP contribution >= 0.6 is 11.3 Å². The lowest BCUT2D eigenvalue weighted by atomic mass is 10.1. The molecule has 1 aromatic heterocycles. The predicted molar refractivity (Wildman–Crippen MR) is 129 cm³/mol. The first-order chi connectivity index (χ1) is 16.7. The Morgan fingerprint density at radius 2 is 1.86 bits per heavy atom. The zero-order valence-electron chi connectivity index (χ0n) is 18.9. The molecule has 0 aliphatic carbocycles. The second-order valence-corrected chi connectivity index (χ2v) is 10.5. The fourth-order valence-corrected chi connectivity index (χ4v) is 4.68. The summed E-state index contributed by atoms with van der Waals surface area (Å²) >= 11 is 0.692. The Morgan fingerprint density at radius 1 is 1.14 bits per heavy atom. The molecule has 0 aliphatic heterocycles. The molecule has 0 saturated heterocycles. The van der Waals surface area contributed by atoms with Crippen molar-refractivity contribution < 1.29 is 27.5 Å². The van der Waals surface area contributed by atoms with Crippen molar-refractivity contribution in [3.05, 3.63) is 64.7 Å². The summed E-state index contributed by atoms with van der Waals surface area (Å²) in [6.07, 6.45) is 1.30. The predicted octanol–water partition coefficient (Wildman–Crippen LogP) is 3.41. The van der Waals surface area contributed by atoms with E-state index in [9.17, 15) is 23.3 Å². The van der Waals surface area contributed by atoms with Crippen LogP contribution in [0, 0.1) is 18.3 Å². The molecule has 10 nitrogen and oxygen atoms in total. The van der Waals surface area contributed by atoms with Crippen LogP contribution in [0.4, 0.5) is 5.13 Å². The molecule has 1 N–H and O–H groups in total. The lowest BCUT2D eigenvalue weighted by Crippen LogP contribution is -2.13. The molecular formula is C23H20N4O6S2. The highest BCUT2D eigenvalue weighted by atomic mass is 32.2. The third kappa shape index (κ3) is 6.28. The Morgan fingerprint density at radius 3 is 2.49 bits per heavy atom. The van der Waals surface area contributed by atoms with E-state index in [-0.39, 0.29) is 32.3 Å². The van der Waals surface area contributed by atoms with Gasteiger partial charge in [0, 0.05) is 0 Å². The van der Waals surface area contributed by atoms with Crippen molar-refractivity contribution in [2.45, 2.75) is 18.2 Å². The van der Waals surface area contributed by atoms with Crippen molar-refractivity contribution >= 4 is 44.3 Å². The standard InChI is InChI=1S/C23H20N4O6S2/c1-4-35(30,31)23-27-26-22(34-23)25-20(28)17(13-24)11-15-7-10-18(19(12-15)32-3)33-21(29)16-8-5-14(2)6-9-16/h5-12H,4H2,1-3H3,(H,25,26,28)/b17-11-. The van der Waals surface area contributed by atoms with E-state index in [2.05, 4.69) is 15.5 Å². The molecule has 180 valence electrons.